The van der Waals surface area contributed by atoms with Crippen molar-refractivity contribution in [2.24, 2.45) is 5.41 Å². The molecule has 2 aliphatic rings. The lowest BCUT2D eigenvalue weighted by molar-refractivity contribution is -0.159. The van der Waals surface area contributed by atoms with Crippen LogP contribution in [-0.2, 0) is 9.59 Å². The van der Waals surface area contributed by atoms with E-state index in [9.17, 15) is 19.1 Å². The number of hydrogen-bond donors (Lipinski definition) is 1. The van der Waals surface area contributed by atoms with Crippen molar-refractivity contribution in [2.45, 2.75) is 44.6 Å². The summed E-state index contributed by atoms with van der Waals surface area (Å²) >= 11 is 0. The molecule has 1 saturated heterocycles. The summed E-state index contributed by atoms with van der Waals surface area (Å²) in [5.41, 5.74) is -0.0737. The van der Waals surface area contributed by atoms with Crippen LogP contribution < -0.4 is 0 Å². The molecule has 1 unspecified atom stereocenters. The van der Waals surface area contributed by atoms with Gasteiger partial charge in [0.2, 0.25) is 5.91 Å². The van der Waals surface area contributed by atoms with Crippen molar-refractivity contribution in [1.82, 2.24) is 4.90 Å². The van der Waals surface area contributed by atoms with Crippen LogP contribution in [0, 0.1) is 11.2 Å². The van der Waals surface area contributed by atoms with Crippen LogP contribution in [0.4, 0.5) is 4.39 Å². The third-order valence-corrected chi connectivity index (χ3v) is 5.06. The van der Waals surface area contributed by atoms with Gasteiger partial charge in [-0.1, -0.05) is 18.6 Å². The molecule has 0 aromatic heterocycles. The minimum Gasteiger partial charge on any atom is -0.481 e. The van der Waals surface area contributed by atoms with Gasteiger partial charge < -0.3 is 10.0 Å². The van der Waals surface area contributed by atoms with Crippen molar-refractivity contribution < 1.29 is 19.1 Å². The largest absolute Gasteiger partial charge is 0.481 e. The van der Waals surface area contributed by atoms with Crippen LogP contribution in [0.15, 0.2) is 24.3 Å². The van der Waals surface area contributed by atoms with Gasteiger partial charge in [-0.15, -0.1) is 0 Å². The summed E-state index contributed by atoms with van der Waals surface area (Å²) in [5.74, 6) is -1.29. The lowest BCUT2D eigenvalue weighted by Crippen LogP contribution is -2.43. The summed E-state index contributed by atoms with van der Waals surface area (Å²) in [7, 11) is 0. The van der Waals surface area contributed by atoms with Crippen molar-refractivity contribution in [3.8, 4) is 0 Å². The maximum atomic E-state index is 13.4. The molecule has 1 aromatic carbocycles. The number of amides is 1. The standard InChI is InChI=1S/C17H20FNO3/c18-13-5-1-4-12(10-13)14-6-2-9-19(14)15(20)11-17(16(21)22)7-3-8-17/h1,4-5,10,14H,2-3,6-9,11H2,(H,21,22). The first-order valence-corrected chi connectivity index (χ1v) is 7.80. The topological polar surface area (TPSA) is 57.6 Å². The second-order valence-electron chi connectivity index (χ2n) is 6.42. The molecule has 22 heavy (non-hydrogen) atoms. The van der Waals surface area contributed by atoms with E-state index < -0.39 is 11.4 Å². The van der Waals surface area contributed by atoms with E-state index in [-0.39, 0.29) is 24.2 Å². The van der Waals surface area contributed by atoms with Gasteiger partial charge in [-0.3, -0.25) is 9.59 Å². The van der Waals surface area contributed by atoms with Crippen molar-refractivity contribution in [1.29, 1.82) is 0 Å². The average Bonchev–Trinajstić information content (AvgIpc) is 2.91. The summed E-state index contributed by atoms with van der Waals surface area (Å²) in [6, 6.07) is 6.20. The Kier molecular flexibility index (Phi) is 3.89. The molecule has 4 nitrogen and oxygen atoms in total. The lowest BCUT2D eigenvalue weighted by Gasteiger charge is -2.38. The zero-order valence-corrected chi connectivity index (χ0v) is 12.4. The van der Waals surface area contributed by atoms with Crippen molar-refractivity contribution in [3.63, 3.8) is 0 Å². The fourth-order valence-electron chi connectivity index (χ4n) is 3.59. The van der Waals surface area contributed by atoms with Gasteiger partial charge in [-0.25, -0.2) is 4.39 Å². The molecular formula is C17H20FNO3. The highest BCUT2D eigenvalue weighted by Gasteiger charge is 2.47. The fraction of sp³-hybridized carbons (Fsp3) is 0.529. The normalized spacial score (nSPS) is 23.1. The SMILES string of the molecule is O=C(CC1(C(=O)O)CCC1)N1CCCC1c1cccc(F)c1. The van der Waals surface area contributed by atoms with Gasteiger partial charge in [0, 0.05) is 13.0 Å². The number of benzene rings is 1. The number of carboxylic acid groups (broad SMARTS) is 1. The van der Waals surface area contributed by atoms with Gasteiger partial charge in [0.1, 0.15) is 5.82 Å². The van der Waals surface area contributed by atoms with E-state index >= 15 is 0 Å². The number of carbonyl (C=O) groups is 2. The summed E-state index contributed by atoms with van der Waals surface area (Å²) < 4.78 is 13.4. The zero-order valence-electron chi connectivity index (χ0n) is 12.4. The van der Waals surface area contributed by atoms with Crippen LogP contribution in [0.3, 0.4) is 0 Å². The molecule has 1 N–H and O–H groups in total. The molecule has 0 spiro atoms. The number of carbonyl (C=O) groups excluding carboxylic acids is 1. The maximum Gasteiger partial charge on any atom is 0.310 e. The van der Waals surface area contributed by atoms with Gasteiger partial charge in [-0.05, 0) is 43.4 Å². The molecule has 1 aliphatic carbocycles. The third kappa shape index (κ3) is 2.60. The van der Waals surface area contributed by atoms with E-state index in [0.717, 1.165) is 24.8 Å². The summed E-state index contributed by atoms with van der Waals surface area (Å²) in [6.07, 6.45) is 3.75. The molecule has 118 valence electrons. The first kappa shape index (κ1) is 15.0. The monoisotopic (exact) mass is 305 g/mol. The van der Waals surface area contributed by atoms with Gasteiger partial charge in [0.05, 0.1) is 11.5 Å². The molecule has 1 aromatic rings. The Morgan fingerprint density at radius 2 is 2.09 bits per heavy atom. The van der Waals surface area contributed by atoms with Crippen LogP contribution in [0.1, 0.15) is 50.1 Å². The number of aliphatic carboxylic acids is 1. The predicted octanol–water partition coefficient (Wildman–Crippen LogP) is 3.13. The van der Waals surface area contributed by atoms with Crippen LogP contribution in [0.2, 0.25) is 0 Å². The zero-order chi connectivity index (χ0) is 15.7. The van der Waals surface area contributed by atoms with Crippen molar-refractivity contribution in [2.75, 3.05) is 6.54 Å². The first-order chi connectivity index (χ1) is 10.5. The van der Waals surface area contributed by atoms with E-state index in [1.54, 1.807) is 11.0 Å². The maximum absolute atomic E-state index is 13.4. The summed E-state index contributed by atoms with van der Waals surface area (Å²) in [6.45, 7) is 0.621. The third-order valence-electron chi connectivity index (χ3n) is 5.06. The number of nitrogens with zero attached hydrogens (tertiary/aromatic N) is 1. The Morgan fingerprint density at radius 3 is 2.68 bits per heavy atom. The molecular weight excluding hydrogens is 285 g/mol. The van der Waals surface area contributed by atoms with E-state index in [1.165, 1.54) is 12.1 Å². The van der Waals surface area contributed by atoms with E-state index in [2.05, 4.69) is 0 Å². The molecule has 2 fully saturated rings. The van der Waals surface area contributed by atoms with Gasteiger partial charge >= 0.3 is 5.97 Å². The van der Waals surface area contributed by atoms with Crippen LogP contribution >= 0.6 is 0 Å². The molecule has 1 atom stereocenters. The van der Waals surface area contributed by atoms with Crippen molar-refractivity contribution in [3.05, 3.63) is 35.6 Å². The Hall–Kier alpha value is -1.91. The Labute approximate surface area is 128 Å². The second-order valence-corrected chi connectivity index (χ2v) is 6.42. The van der Waals surface area contributed by atoms with Crippen LogP contribution in [-0.4, -0.2) is 28.4 Å². The number of hydrogen-bond acceptors (Lipinski definition) is 2. The number of carboxylic acids is 1. The highest BCUT2D eigenvalue weighted by molar-refractivity contribution is 5.86. The Balaban J connectivity index is 1.75. The number of likely N-dealkylation sites (tertiary alicyclic amines) is 1. The molecule has 0 radical (unpaired) electrons. The molecule has 1 saturated carbocycles. The van der Waals surface area contributed by atoms with Crippen LogP contribution in [0.25, 0.3) is 0 Å². The molecule has 1 heterocycles. The molecule has 1 aliphatic heterocycles. The second kappa shape index (κ2) is 5.71. The predicted molar refractivity (Wildman–Crippen MR) is 78.6 cm³/mol. The summed E-state index contributed by atoms with van der Waals surface area (Å²) in [4.78, 5) is 25.8. The Morgan fingerprint density at radius 1 is 1.32 bits per heavy atom. The van der Waals surface area contributed by atoms with Crippen molar-refractivity contribution >= 4 is 11.9 Å². The smallest absolute Gasteiger partial charge is 0.310 e. The highest BCUT2D eigenvalue weighted by atomic mass is 19.1. The number of rotatable bonds is 4. The quantitative estimate of drug-likeness (QED) is 0.929. The van der Waals surface area contributed by atoms with E-state index in [1.807, 2.05) is 6.07 Å². The van der Waals surface area contributed by atoms with E-state index in [0.29, 0.717) is 19.4 Å². The Bertz CT molecular complexity index is 597. The minimum atomic E-state index is -0.869. The summed E-state index contributed by atoms with van der Waals surface area (Å²) in [5, 5.41) is 9.37. The van der Waals surface area contributed by atoms with E-state index in [4.69, 9.17) is 0 Å². The van der Waals surface area contributed by atoms with Crippen LogP contribution in [0.5, 0.6) is 0 Å². The minimum absolute atomic E-state index is 0.0636. The van der Waals surface area contributed by atoms with Gasteiger partial charge in [0.15, 0.2) is 0 Å². The van der Waals surface area contributed by atoms with Gasteiger partial charge in [-0.2, -0.15) is 0 Å². The average molecular weight is 305 g/mol. The first-order valence-electron chi connectivity index (χ1n) is 7.80. The molecule has 3 rings (SSSR count). The molecule has 0 bridgehead atoms. The highest BCUT2D eigenvalue weighted by Crippen LogP contribution is 2.45. The molecule has 5 heteroatoms. The van der Waals surface area contributed by atoms with Gasteiger partial charge in [0.25, 0.3) is 0 Å². The molecule has 1 amide bonds. The fourth-order valence-corrected chi connectivity index (χ4v) is 3.59. The number of halogens is 1. The lowest BCUT2D eigenvalue weighted by atomic mass is 9.66.